The first-order chi connectivity index (χ1) is 8.97. The molecular formula is C13H12N2O4. The van der Waals surface area contributed by atoms with E-state index in [0.29, 0.717) is 16.5 Å². The zero-order valence-corrected chi connectivity index (χ0v) is 10.5. The topological polar surface area (TPSA) is 82.3 Å². The second-order valence-electron chi connectivity index (χ2n) is 4.31. The fourth-order valence-corrected chi connectivity index (χ4v) is 1.62. The van der Waals surface area contributed by atoms with Gasteiger partial charge < -0.3 is 4.74 Å². The fraction of sp³-hybridized carbons (Fsp3) is 0.231. The van der Waals surface area contributed by atoms with Crippen molar-refractivity contribution in [2.45, 2.75) is 20.0 Å². The standard InChI is InChI=1S/C13H12N2O4/c1-8(2)19-13(16)10-5-9-3-4-11(15(17)18)6-12(9)14-7-10/h3-8H,1-2H3. The molecular weight excluding hydrogens is 248 g/mol. The lowest BCUT2D eigenvalue weighted by atomic mass is 10.1. The monoisotopic (exact) mass is 260 g/mol. The molecule has 0 radical (unpaired) electrons. The Morgan fingerprint density at radius 1 is 1.37 bits per heavy atom. The van der Waals surface area contributed by atoms with Gasteiger partial charge in [0.15, 0.2) is 0 Å². The normalized spacial score (nSPS) is 10.7. The van der Waals surface area contributed by atoms with E-state index in [-0.39, 0.29) is 11.8 Å². The Kier molecular flexibility index (Phi) is 3.41. The Bertz CT molecular complexity index is 652. The molecule has 1 aromatic heterocycles. The van der Waals surface area contributed by atoms with Gasteiger partial charge >= 0.3 is 5.97 Å². The van der Waals surface area contributed by atoms with Crippen molar-refractivity contribution in [1.82, 2.24) is 4.98 Å². The first-order valence-corrected chi connectivity index (χ1v) is 5.72. The van der Waals surface area contributed by atoms with Gasteiger partial charge in [0.05, 0.1) is 22.1 Å². The lowest BCUT2D eigenvalue weighted by molar-refractivity contribution is -0.384. The van der Waals surface area contributed by atoms with Gasteiger partial charge in [-0.25, -0.2) is 4.79 Å². The number of esters is 1. The second-order valence-corrected chi connectivity index (χ2v) is 4.31. The molecule has 0 aliphatic carbocycles. The number of aromatic nitrogens is 1. The quantitative estimate of drug-likeness (QED) is 0.481. The number of nitro benzene ring substituents is 1. The van der Waals surface area contributed by atoms with Crippen LogP contribution in [0.4, 0.5) is 5.69 Å². The summed E-state index contributed by atoms with van der Waals surface area (Å²) >= 11 is 0. The smallest absolute Gasteiger partial charge is 0.339 e. The van der Waals surface area contributed by atoms with E-state index in [1.54, 1.807) is 26.0 Å². The van der Waals surface area contributed by atoms with Crippen molar-refractivity contribution in [2.75, 3.05) is 0 Å². The van der Waals surface area contributed by atoms with Crippen LogP contribution in [0.5, 0.6) is 0 Å². The SMILES string of the molecule is CC(C)OC(=O)c1cnc2cc([N+](=O)[O-])ccc2c1. The number of nitro groups is 1. The van der Waals surface area contributed by atoms with Crippen molar-refractivity contribution >= 4 is 22.6 Å². The highest BCUT2D eigenvalue weighted by Crippen LogP contribution is 2.20. The van der Waals surface area contributed by atoms with E-state index < -0.39 is 10.9 Å². The number of fused-ring (bicyclic) bond motifs is 1. The van der Waals surface area contributed by atoms with E-state index in [4.69, 9.17) is 4.74 Å². The van der Waals surface area contributed by atoms with Crippen molar-refractivity contribution in [2.24, 2.45) is 0 Å². The summed E-state index contributed by atoms with van der Waals surface area (Å²) in [6.07, 6.45) is 1.15. The van der Waals surface area contributed by atoms with Crippen molar-refractivity contribution in [3.8, 4) is 0 Å². The molecule has 98 valence electrons. The number of pyridine rings is 1. The van der Waals surface area contributed by atoms with Gasteiger partial charge in [0.2, 0.25) is 0 Å². The lowest BCUT2D eigenvalue weighted by Gasteiger charge is -2.07. The van der Waals surface area contributed by atoms with E-state index in [2.05, 4.69) is 4.98 Å². The Balaban J connectivity index is 2.39. The molecule has 0 saturated heterocycles. The van der Waals surface area contributed by atoms with Gasteiger partial charge in [0.1, 0.15) is 0 Å². The molecule has 0 spiro atoms. The summed E-state index contributed by atoms with van der Waals surface area (Å²) in [5, 5.41) is 11.3. The highest BCUT2D eigenvalue weighted by atomic mass is 16.6. The van der Waals surface area contributed by atoms with E-state index in [0.717, 1.165) is 0 Å². The molecule has 0 N–H and O–H groups in total. The molecule has 0 aliphatic heterocycles. The van der Waals surface area contributed by atoms with Crippen molar-refractivity contribution < 1.29 is 14.5 Å². The molecule has 19 heavy (non-hydrogen) atoms. The molecule has 6 heteroatoms. The first kappa shape index (κ1) is 12.9. The summed E-state index contributed by atoms with van der Waals surface area (Å²) in [5.41, 5.74) is 0.767. The summed E-state index contributed by atoms with van der Waals surface area (Å²) < 4.78 is 5.06. The largest absolute Gasteiger partial charge is 0.459 e. The summed E-state index contributed by atoms with van der Waals surface area (Å²) in [6.45, 7) is 3.52. The van der Waals surface area contributed by atoms with Crippen LogP contribution in [0, 0.1) is 10.1 Å². The minimum Gasteiger partial charge on any atom is -0.459 e. The van der Waals surface area contributed by atoms with Crippen LogP contribution in [0.25, 0.3) is 10.9 Å². The number of non-ortho nitro benzene ring substituents is 1. The van der Waals surface area contributed by atoms with Gasteiger partial charge in [0.25, 0.3) is 5.69 Å². The van der Waals surface area contributed by atoms with Gasteiger partial charge in [-0.15, -0.1) is 0 Å². The van der Waals surface area contributed by atoms with E-state index in [1.807, 2.05) is 0 Å². The van der Waals surface area contributed by atoms with E-state index in [1.165, 1.54) is 18.3 Å². The number of hydrogen-bond donors (Lipinski definition) is 0. The zero-order chi connectivity index (χ0) is 14.0. The molecule has 1 heterocycles. The number of nitrogens with zero attached hydrogens (tertiary/aromatic N) is 2. The molecule has 2 aromatic rings. The molecule has 1 aromatic carbocycles. The maximum absolute atomic E-state index is 11.7. The molecule has 0 saturated carbocycles. The van der Waals surface area contributed by atoms with Gasteiger partial charge in [-0.2, -0.15) is 0 Å². The van der Waals surface area contributed by atoms with Gasteiger partial charge in [0, 0.05) is 23.7 Å². The van der Waals surface area contributed by atoms with Crippen LogP contribution in [0.3, 0.4) is 0 Å². The zero-order valence-electron chi connectivity index (χ0n) is 10.5. The number of carbonyl (C=O) groups excluding carboxylic acids is 1. The third-order valence-corrected chi connectivity index (χ3v) is 2.46. The Labute approximate surface area is 109 Å². The number of carbonyl (C=O) groups is 1. The number of rotatable bonds is 3. The third-order valence-electron chi connectivity index (χ3n) is 2.46. The van der Waals surface area contributed by atoms with Crippen LogP contribution in [0.1, 0.15) is 24.2 Å². The molecule has 0 unspecified atom stereocenters. The number of benzene rings is 1. The molecule has 2 rings (SSSR count). The fourth-order valence-electron chi connectivity index (χ4n) is 1.62. The van der Waals surface area contributed by atoms with Gasteiger partial charge in [-0.05, 0) is 26.0 Å². The van der Waals surface area contributed by atoms with Crippen LogP contribution in [0.2, 0.25) is 0 Å². The van der Waals surface area contributed by atoms with Crippen molar-refractivity contribution in [1.29, 1.82) is 0 Å². The maximum Gasteiger partial charge on any atom is 0.339 e. The van der Waals surface area contributed by atoms with Crippen molar-refractivity contribution in [3.05, 3.63) is 46.1 Å². The summed E-state index contributed by atoms with van der Waals surface area (Å²) in [7, 11) is 0. The van der Waals surface area contributed by atoms with Crippen LogP contribution in [0.15, 0.2) is 30.5 Å². The highest BCUT2D eigenvalue weighted by Gasteiger charge is 2.12. The molecule has 0 aliphatic rings. The van der Waals surface area contributed by atoms with Crippen molar-refractivity contribution in [3.63, 3.8) is 0 Å². The Morgan fingerprint density at radius 2 is 2.11 bits per heavy atom. The van der Waals surface area contributed by atoms with Crippen LogP contribution in [-0.4, -0.2) is 22.0 Å². The summed E-state index contributed by atoms with van der Waals surface area (Å²) in [4.78, 5) is 25.9. The summed E-state index contributed by atoms with van der Waals surface area (Å²) in [6, 6.07) is 5.91. The molecule has 0 bridgehead atoms. The van der Waals surface area contributed by atoms with Gasteiger partial charge in [-0.3, -0.25) is 15.1 Å². The van der Waals surface area contributed by atoms with Gasteiger partial charge in [-0.1, -0.05) is 0 Å². The van der Waals surface area contributed by atoms with Crippen LogP contribution in [-0.2, 0) is 4.74 Å². The predicted octanol–water partition coefficient (Wildman–Crippen LogP) is 2.71. The molecule has 0 atom stereocenters. The van der Waals surface area contributed by atoms with E-state index in [9.17, 15) is 14.9 Å². The Hall–Kier alpha value is -2.50. The minimum atomic E-state index is -0.484. The average Bonchev–Trinajstić information content (AvgIpc) is 2.36. The first-order valence-electron chi connectivity index (χ1n) is 5.72. The third kappa shape index (κ3) is 2.85. The maximum atomic E-state index is 11.7. The molecule has 6 nitrogen and oxygen atoms in total. The van der Waals surface area contributed by atoms with E-state index >= 15 is 0 Å². The minimum absolute atomic E-state index is 0.0301. The Morgan fingerprint density at radius 3 is 2.74 bits per heavy atom. The molecule has 0 fully saturated rings. The predicted molar refractivity (Wildman–Crippen MR) is 68.9 cm³/mol. The number of ether oxygens (including phenoxy) is 1. The highest BCUT2D eigenvalue weighted by molar-refractivity contribution is 5.94. The average molecular weight is 260 g/mol. The second kappa shape index (κ2) is 5.01. The lowest BCUT2D eigenvalue weighted by Crippen LogP contribution is -2.11. The van der Waals surface area contributed by atoms with Crippen LogP contribution >= 0.6 is 0 Å². The molecule has 0 amide bonds. The number of hydrogen-bond acceptors (Lipinski definition) is 5. The van der Waals surface area contributed by atoms with Crippen LogP contribution < -0.4 is 0 Å². The summed E-state index contributed by atoms with van der Waals surface area (Å²) in [5.74, 6) is -0.456.